The molecule has 0 radical (unpaired) electrons. The third kappa shape index (κ3) is 3.69. The number of methoxy groups -OCH3 is 1. The molecule has 1 saturated heterocycles. The summed E-state index contributed by atoms with van der Waals surface area (Å²) in [5.74, 6) is -0.367. The SMILES string of the molecule is COc1ccc(C)cc1NC(=O)CN1C(=O)C(C)N(c2ccc(C)cc2)C1=O. The highest BCUT2D eigenvalue weighted by Gasteiger charge is 2.44. The van der Waals surface area contributed by atoms with Crippen LogP contribution in [0.3, 0.4) is 0 Å². The van der Waals surface area contributed by atoms with Crippen molar-refractivity contribution in [2.24, 2.45) is 0 Å². The first-order chi connectivity index (χ1) is 13.3. The lowest BCUT2D eigenvalue weighted by atomic mass is 10.2. The van der Waals surface area contributed by atoms with Crippen molar-refractivity contribution in [3.8, 4) is 5.75 Å². The number of nitrogens with one attached hydrogen (secondary N) is 1. The van der Waals surface area contributed by atoms with E-state index in [1.165, 1.54) is 12.0 Å². The molecule has 0 bridgehead atoms. The second-order valence-corrected chi connectivity index (χ2v) is 6.84. The van der Waals surface area contributed by atoms with Gasteiger partial charge in [0.2, 0.25) is 5.91 Å². The van der Waals surface area contributed by atoms with Gasteiger partial charge in [0.25, 0.3) is 5.91 Å². The highest BCUT2D eigenvalue weighted by atomic mass is 16.5. The molecule has 1 heterocycles. The molecule has 4 amide bonds. The molecule has 0 aromatic heterocycles. The van der Waals surface area contributed by atoms with Crippen molar-refractivity contribution in [2.75, 3.05) is 23.9 Å². The van der Waals surface area contributed by atoms with Crippen LogP contribution in [0.25, 0.3) is 0 Å². The fourth-order valence-corrected chi connectivity index (χ4v) is 3.16. The Labute approximate surface area is 163 Å². The summed E-state index contributed by atoms with van der Waals surface area (Å²) in [4.78, 5) is 40.3. The second-order valence-electron chi connectivity index (χ2n) is 6.84. The summed E-state index contributed by atoms with van der Waals surface area (Å²) >= 11 is 0. The Balaban J connectivity index is 1.76. The van der Waals surface area contributed by atoms with Gasteiger partial charge in [0, 0.05) is 5.69 Å². The van der Waals surface area contributed by atoms with Gasteiger partial charge in [-0.25, -0.2) is 4.79 Å². The van der Waals surface area contributed by atoms with Crippen molar-refractivity contribution in [1.82, 2.24) is 4.90 Å². The number of benzene rings is 2. The molecule has 3 rings (SSSR count). The van der Waals surface area contributed by atoms with Gasteiger partial charge in [-0.2, -0.15) is 0 Å². The van der Waals surface area contributed by atoms with Crippen LogP contribution in [0.2, 0.25) is 0 Å². The van der Waals surface area contributed by atoms with Gasteiger partial charge in [0.05, 0.1) is 12.8 Å². The molecule has 1 aliphatic rings. The fraction of sp³-hybridized carbons (Fsp3) is 0.286. The van der Waals surface area contributed by atoms with E-state index >= 15 is 0 Å². The van der Waals surface area contributed by atoms with Crippen LogP contribution in [0.4, 0.5) is 16.2 Å². The summed E-state index contributed by atoms with van der Waals surface area (Å²) in [7, 11) is 1.51. The van der Waals surface area contributed by atoms with Crippen LogP contribution < -0.4 is 15.0 Å². The number of anilines is 2. The molecule has 1 unspecified atom stereocenters. The van der Waals surface area contributed by atoms with Crippen molar-refractivity contribution in [3.05, 3.63) is 53.6 Å². The number of amides is 4. The van der Waals surface area contributed by atoms with E-state index in [1.54, 1.807) is 31.2 Å². The predicted octanol–water partition coefficient (Wildman–Crippen LogP) is 3.11. The topological polar surface area (TPSA) is 79.0 Å². The Morgan fingerprint density at radius 1 is 1.07 bits per heavy atom. The monoisotopic (exact) mass is 381 g/mol. The number of aryl methyl sites for hydroxylation is 2. The Bertz CT molecular complexity index is 924. The van der Waals surface area contributed by atoms with E-state index in [-0.39, 0.29) is 6.54 Å². The summed E-state index contributed by atoms with van der Waals surface area (Å²) in [6.45, 7) is 5.13. The van der Waals surface area contributed by atoms with Gasteiger partial charge in [-0.05, 0) is 50.6 Å². The number of nitrogens with zero attached hydrogens (tertiary/aromatic N) is 2. The molecule has 7 nitrogen and oxygen atoms in total. The molecule has 2 aromatic carbocycles. The molecule has 0 spiro atoms. The Hall–Kier alpha value is -3.35. The molecular weight excluding hydrogens is 358 g/mol. The number of hydrogen-bond donors (Lipinski definition) is 1. The standard InChI is InChI=1S/C21H23N3O4/c1-13-5-8-16(9-6-13)24-15(3)20(26)23(21(24)27)12-19(25)22-17-11-14(2)7-10-18(17)28-4/h5-11,15H,12H2,1-4H3,(H,22,25). The van der Waals surface area contributed by atoms with Crippen LogP contribution in [-0.4, -0.2) is 42.4 Å². The van der Waals surface area contributed by atoms with Crippen molar-refractivity contribution >= 4 is 29.2 Å². The van der Waals surface area contributed by atoms with Crippen LogP contribution in [0, 0.1) is 13.8 Å². The average Bonchev–Trinajstić information content (AvgIpc) is 2.86. The van der Waals surface area contributed by atoms with Gasteiger partial charge >= 0.3 is 6.03 Å². The quantitative estimate of drug-likeness (QED) is 0.807. The molecule has 7 heteroatoms. The number of carbonyl (C=O) groups is 3. The van der Waals surface area contributed by atoms with Crippen molar-refractivity contribution in [1.29, 1.82) is 0 Å². The Morgan fingerprint density at radius 2 is 1.71 bits per heavy atom. The summed E-state index contributed by atoms with van der Waals surface area (Å²) in [5, 5.41) is 2.72. The first kappa shape index (κ1) is 19.4. The normalized spacial score (nSPS) is 16.5. The number of rotatable bonds is 5. The van der Waals surface area contributed by atoms with E-state index in [0.717, 1.165) is 16.0 Å². The van der Waals surface area contributed by atoms with Gasteiger partial charge in [-0.1, -0.05) is 23.8 Å². The lowest BCUT2D eigenvalue weighted by Gasteiger charge is -2.19. The zero-order valence-electron chi connectivity index (χ0n) is 16.4. The van der Waals surface area contributed by atoms with Gasteiger partial charge < -0.3 is 10.1 Å². The lowest BCUT2D eigenvalue weighted by Crippen LogP contribution is -2.39. The van der Waals surface area contributed by atoms with Crippen LogP contribution >= 0.6 is 0 Å². The number of carbonyl (C=O) groups excluding carboxylic acids is 3. The third-order valence-corrected chi connectivity index (χ3v) is 4.69. The van der Waals surface area contributed by atoms with Gasteiger partial charge in [-0.15, -0.1) is 0 Å². The number of ether oxygens (including phenoxy) is 1. The lowest BCUT2D eigenvalue weighted by molar-refractivity contribution is -0.130. The minimum Gasteiger partial charge on any atom is -0.495 e. The summed E-state index contributed by atoms with van der Waals surface area (Å²) in [5.41, 5.74) is 3.12. The summed E-state index contributed by atoms with van der Waals surface area (Å²) in [6, 6.07) is 11.5. The maximum Gasteiger partial charge on any atom is 0.332 e. The zero-order valence-corrected chi connectivity index (χ0v) is 16.4. The van der Waals surface area contributed by atoms with Gasteiger partial charge in [0.1, 0.15) is 18.3 Å². The molecule has 1 fully saturated rings. The Kier molecular flexibility index (Phi) is 5.35. The van der Waals surface area contributed by atoms with E-state index in [0.29, 0.717) is 17.1 Å². The Morgan fingerprint density at radius 3 is 2.36 bits per heavy atom. The van der Waals surface area contributed by atoms with Crippen molar-refractivity contribution < 1.29 is 19.1 Å². The molecule has 28 heavy (non-hydrogen) atoms. The van der Waals surface area contributed by atoms with Crippen LogP contribution in [0.1, 0.15) is 18.1 Å². The van der Waals surface area contributed by atoms with E-state index in [4.69, 9.17) is 4.74 Å². The highest BCUT2D eigenvalue weighted by Crippen LogP contribution is 2.27. The first-order valence-electron chi connectivity index (χ1n) is 8.97. The predicted molar refractivity (Wildman–Crippen MR) is 107 cm³/mol. The molecule has 1 aliphatic heterocycles. The molecule has 0 aliphatic carbocycles. The number of imide groups is 1. The van der Waals surface area contributed by atoms with E-state index in [1.807, 2.05) is 32.0 Å². The minimum atomic E-state index is -0.670. The largest absolute Gasteiger partial charge is 0.495 e. The molecule has 1 N–H and O–H groups in total. The van der Waals surface area contributed by atoms with E-state index in [2.05, 4.69) is 5.32 Å². The summed E-state index contributed by atoms with van der Waals surface area (Å²) < 4.78 is 5.24. The third-order valence-electron chi connectivity index (χ3n) is 4.69. The smallest absolute Gasteiger partial charge is 0.332 e. The minimum absolute atomic E-state index is 0.360. The van der Waals surface area contributed by atoms with Crippen LogP contribution in [0.15, 0.2) is 42.5 Å². The number of hydrogen-bond acceptors (Lipinski definition) is 4. The van der Waals surface area contributed by atoms with Crippen LogP contribution in [0.5, 0.6) is 5.75 Å². The van der Waals surface area contributed by atoms with E-state index < -0.39 is 23.9 Å². The highest BCUT2D eigenvalue weighted by molar-refractivity contribution is 6.16. The van der Waals surface area contributed by atoms with E-state index in [9.17, 15) is 14.4 Å². The maximum atomic E-state index is 12.8. The summed E-state index contributed by atoms with van der Waals surface area (Å²) in [6.07, 6.45) is 0. The number of urea groups is 1. The van der Waals surface area contributed by atoms with Gasteiger partial charge in [-0.3, -0.25) is 19.4 Å². The van der Waals surface area contributed by atoms with Crippen molar-refractivity contribution in [3.63, 3.8) is 0 Å². The molecular formula is C21H23N3O4. The fourth-order valence-electron chi connectivity index (χ4n) is 3.16. The van der Waals surface area contributed by atoms with Crippen LogP contribution in [-0.2, 0) is 9.59 Å². The first-order valence-corrected chi connectivity index (χ1v) is 8.97. The van der Waals surface area contributed by atoms with Crippen molar-refractivity contribution in [2.45, 2.75) is 26.8 Å². The average molecular weight is 381 g/mol. The molecule has 2 aromatic rings. The molecule has 0 saturated carbocycles. The maximum absolute atomic E-state index is 12.8. The molecule has 1 atom stereocenters. The zero-order chi connectivity index (χ0) is 20.4. The van der Waals surface area contributed by atoms with Gasteiger partial charge in [0.15, 0.2) is 0 Å². The second kappa shape index (κ2) is 7.72. The molecule has 146 valence electrons.